The van der Waals surface area contributed by atoms with Crippen LogP contribution in [0.1, 0.15) is 41.7 Å². The first kappa shape index (κ1) is 24.1. The number of nitrogens with one attached hydrogen (secondary N) is 3. The van der Waals surface area contributed by atoms with E-state index < -0.39 is 23.7 Å². The Morgan fingerprint density at radius 2 is 1.94 bits per heavy atom. The van der Waals surface area contributed by atoms with Crippen molar-refractivity contribution in [3.63, 3.8) is 0 Å². The SMILES string of the molecule is N#C[C@@H](CC(=O)[C@H](Cc1ccc(F)cc1)NC(=O)c1cc2ccccc2[nH]1)CC1CCCNC1=O. The number of hydrogen-bond donors (Lipinski definition) is 3. The number of carbonyl (C=O) groups excluding carboxylic acids is 3. The van der Waals surface area contributed by atoms with Crippen molar-refractivity contribution in [3.8, 4) is 6.07 Å². The van der Waals surface area contributed by atoms with Crippen LogP contribution < -0.4 is 10.6 Å². The number of carbonyl (C=O) groups is 3. The molecular weight excluding hydrogens is 447 g/mol. The molecule has 2 amide bonds. The quantitative estimate of drug-likeness (QED) is 0.439. The third-order valence-corrected chi connectivity index (χ3v) is 6.42. The van der Waals surface area contributed by atoms with Crippen LogP contribution in [0.2, 0.25) is 0 Å². The molecule has 1 aliphatic rings. The summed E-state index contributed by atoms with van der Waals surface area (Å²) >= 11 is 0. The number of piperidine rings is 1. The lowest BCUT2D eigenvalue weighted by Gasteiger charge is -2.24. The van der Waals surface area contributed by atoms with Crippen LogP contribution in [-0.4, -0.2) is 35.2 Å². The molecule has 0 saturated carbocycles. The summed E-state index contributed by atoms with van der Waals surface area (Å²) in [6.07, 6.45) is 1.91. The number of fused-ring (bicyclic) bond motifs is 1. The maximum atomic E-state index is 13.4. The van der Waals surface area contributed by atoms with Crippen molar-refractivity contribution in [3.05, 3.63) is 71.7 Å². The summed E-state index contributed by atoms with van der Waals surface area (Å²) in [7, 11) is 0. The largest absolute Gasteiger partial charge is 0.356 e. The van der Waals surface area contributed by atoms with E-state index in [0.29, 0.717) is 30.6 Å². The fourth-order valence-electron chi connectivity index (χ4n) is 4.50. The highest BCUT2D eigenvalue weighted by molar-refractivity contribution is 6.00. The second-order valence-electron chi connectivity index (χ2n) is 8.99. The number of nitriles is 1. The molecule has 2 heterocycles. The molecule has 8 heteroatoms. The summed E-state index contributed by atoms with van der Waals surface area (Å²) in [5, 5.41) is 16.1. The maximum Gasteiger partial charge on any atom is 0.268 e. The van der Waals surface area contributed by atoms with Crippen molar-refractivity contribution in [1.29, 1.82) is 5.26 Å². The third kappa shape index (κ3) is 6.12. The van der Waals surface area contributed by atoms with Crippen molar-refractivity contribution in [2.24, 2.45) is 11.8 Å². The van der Waals surface area contributed by atoms with Gasteiger partial charge in [0.15, 0.2) is 5.78 Å². The van der Waals surface area contributed by atoms with Gasteiger partial charge >= 0.3 is 0 Å². The number of halogens is 1. The molecule has 0 aliphatic carbocycles. The number of aromatic amines is 1. The van der Waals surface area contributed by atoms with Crippen molar-refractivity contribution < 1.29 is 18.8 Å². The molecule has 1 unspecified atom stereocenters. The van der Waals surface area contributed by atoms with E-state index in [1.807, 2.05) is 24.3 Å². The molecule has 3 aromatic rings. The lowest BCUT2D eigenvalue weighted by molar-refractivity contribution is -0.128. The highest BCUT2D eigenvalue weighted by Crippen LogP contribution is 2.23. The molecule has 1 saturated heterocycles. The number of benzene rings is 2. The molecule has 1 aromatic heterocycles. The summed E-state index contributed by atoms with van der Waals surface area (Å²) in [6, 6.07) is 16.2. The number of hydrogen-bond acceptors (Lipinski definition) is 4. The average Bonchev–Trinajstić information content (AvgIpc) is 3.30. The Morgan fingerprint density at radius 3 is 2.66 bits per heavy atom. The van der Waals surface area contributed by atoms with Crippen molar-refractivity contribution in [1.82, 2.24) is 15.6 Å². The van der Waals surface area contributed by atoms with Gasteiger partial charge in [-0.1, -0.05) is 30.3 Å². The number of rotatable bonds is 9. The topological polar surface area (TPSA) is 115 Å². The van der Waals surface area contributed by atoms with Gasteiger partial charge in [0.2, 0.25) is 5.91 Å². The zero-order chi connectivity index (χ0) is 24.8. The standard InChI is InChI=1S/C27H27FN4O3/c28-21-9-7-17(8-10-21)13-23(32-27(35)24-15-19-4-1-2-6-22(19)31-24)25(33)14-18(16-29)12-20-5-3-11-30-26(20)34/h1-2,4,6-10,15,18,20,23,31H,3,5,11-14H2,(H,30,34)(H,32,35)/t18-,20?,23+/m1/s1. The van der Waals surface area contributed by atoms with Crippen LogP contribution in [0.15, 0.2) is 54.6 Å². The van der Waals surface area contributed by atoms with Gasteiger partial charge in [0.05, 0.1) is 18.0 Å². The minimum absolute atomic E-state index is 0.0842. The Bertz CT molecular complexity index is 1230. The maximum absolute atomic E-state index is 13.4. The highest BCUT2D eigenvalue weighted by atomic mass is 19.1. The molecule has 0 radical (unpaired) electrons. The molecule has 2 aromatic carbocycles. The molecule has 0 spiro atoms. The lowest BCUT2D eigenvalue weighted by Crippen LogP contribution is -2.43. The van der Waals surface area contributed by atoms with Crippen molar-refractivity contribution >= 4 is 28.5 Å². The summed E-state index contributed by atoms with van der Waals surface area (Å²) in [5.74, 6) is -2.16. The van der Waals surface area contributed by atoms with Gasteiger partial charge in [0.25, 0.3) is 5.91 Å². The summed E-state index contributed by atoms with van der Waals surface area (Å²) in [6.45, 7) is 0.630. The molecule has 3 N–H and O–H groups in total. The predicted molar refractivity (Wildman–Crippen MR) is 129 cm³/mol. The minimum Gasteiger partial charge on any atom is -0.356 e. The highest BCUT2D eigenvalue weighted by Gasteiger charge is 2.29. The molecule has 4 rings (SSSR count). The minimum atomic E-state index is -0.907. The van der Waals surface area contributed by atoms with Gasteiger partial charge < -0.3 is 15.6 Å². The van der Waals surface area contributed by atoms with Crippen LogP contribution in [0.5, 0.6) is 0 Å². The number of ketones is 1. The fraction of sp³-hybridized carbons (Fsp3) is 0.333. The van der Waals surface area contributed by atoms with Crippen LogP contribution in [0.4, 0.5) is 4.39 Å². The zero-order valence-electron chi connectivity index (χ0n) is 19.2. The Labute approximate surface area is 202 Å². The number of Topliss-reactive ketones (excluding diaryl/α,β-unsaturated/α-hetero) is 1. The van der Waals surface area contributed by atoms with E-state index in [9.17, 15) is 24.0 Å². The second-order valence-corrected chi connectivity index (χ2v) is 8.99. The normalized spacial score (nSPS) is 17.3. The Kier molecular flexibility index (Phi) is 7.56. The first-order valence-corrected chi connectivity index (χ1v) is 11.8. The zero-order valence-corrected chi connectivity index (χ0v) is 19.2. The van der Waals surface area contributed by atoms with Gasteiger partial charge in [0, 0.05) is 29.8 Å². The Hall–Kier alpha value is -3.99. The van der Waals surface area contributed by atoms with E-state index in [1.165, 1.54) is 12.1 Å². The molecule has 0 bridgehead atoms. The second kappa shape index (κ2) is 11.0. The van der Waals surface area contributed by atoms with Gasteiger partial charge in [-0.15, -0.1) is 0 Å². The van der Waals surface area contributed by atoms with Gasteiger partial charge in [-0.25, -0.2) is 4.39 Å². The summed E-state index contributed by atoms with van der Waals surface area (Å²) < 4.78 is 13.4. The number of nitrogens with zero attached hydrogens (tertiary/aromatic N) is 1. The van der Waals surface area contributed by atoms with Gasteiger partial charge in [-0.3, -0.25) is 14.4 Å². The first-order chi connectivity index (χ1) is 16.9. The summed E-state index contributed by atoms with van der Waals surface area (Å²) in [5.41, 5.74) is 1.80. The molecule has 1 fully saturated rings. The van der Waals surface area contributed by atoms with Crippen molar-refractivity contribution in [2.45, 2.75) is 38.1 Å². The molecule has 3 atom stereocenters. The average molecular weight is 475 g/mol. The van der Waals surface area contributed by atoms with E-state index >= 15 is 0 Å². The predicted octanol–water partition coefficient (Wildman–Crippen LogP) is 3.66. The van der Waals surface area contributed by atoms with E-state index in [2.05, 4.69) is 21.7 Å². The van der Waals surface area contributed by atoms with E-state index in [4.69, 9.17) is 0 Å². The molecular formula is C27H27FN4O3. The van der Waals surface area contributed by atoms with Crippen LogP contribution in [-0.2, 0) is 16.0 Å². The van der Waals surface area contributed by atoms with Gasteiger partial charge in [-0.2, -0.15) is 5.26 Å². The molecule has 35 heavy (non-hydrogen) atoms. The van der Waals surface area contributed by atoms with Crippen molar-refractivity contribution in [2.75, 3.05) is 6.54 Å². The fourth-order valence-corrected chi connectivity index (χ4v) is 4.50. The van der Waals surface area contributed by atoms with Crippen LogP contribution in [0.3, 0.4) is 0 Å². The van der Waals surface area contributed by atoms with E-state index in [1.54, 1.807) is 18.2 Å². The third-order valence-electron chi connectivity index (χ3n) is 6.42. The lowest BCUT2D eigenvalue weighted by atomic mass is 9.85. The Balaban J connectivity index is 1.50. The van der Waals surface area contributed by atoms with Crippen LogP contribution in [0.25, 0.3) is 10.9 Å². The number of aromatic nitrogens is 1. The van der Waals surface area contributed by atoms with E-state index in [0.717, 1.165) is 17.3 Å². The molecule has 1 aliphatic heterocycles. The Morgan fingerprint density at radius 1 is 1.17 bits per heavy atom. The number of H-pyrrole nitrogens is 1. The molecule has 180 valence electrons. The molecule has 7 nitrogen and oxygen atoms in total. The van der Waals surface area contributed by atoms with Crippen LogP contribution in [0, 0.1) is 29.0 Å². The summed E-state index contributed by atoms with van der Waals surface area (Å²) in [4.78, 5) is 41.5. The monoisotopic (exact) mass is 474 g/mol. The number of para-hydroxylation sites is 1. The van der Waals surface area contributed by atoms with Gasteiger partial charge in [0.1, 0.15) is 11.5 Å². The van der Waals surface area contributed by atoms with E-state index in [-0.39, 0.29) is 30.4 Å². The smallest absolute Gasteiger partial charge is 0.268 e. The van der Waals surface area contributed by atoms with Crippen LogP contribution >= 0.6 is 0 Å². The number of amides is 2. The first-order valence-electron chi connectivity index (χ1n) is 11.8. The van der Waals surface area contributed by atoms with Gasteiger partial charge in [-0.05, 0) is 55.5 Å².